The third-order valence-corrected chi connectivity index (χ3v) is 1.67. The van der Waals surface area contributed by atoms with E-state index in [1.165, 1.54) is 6.07 Å². The monoisotopic (exact) mass is 249 g/mol. The maximum atomic E-state index is 12.5. The van der Waals surface area contributed by atoms with Crippen molar-refractivity contribution in [3.8, 4) is 5.88 Å². The molecule has 7 heteroatoms. The number of nitrogens with one attached hydrogen (secondary N) is 1. The van der Waals surface area contributed by atoms with Crippen molar-refractivity contribution >= 4 is 5.82 Å². The molecule has 0 saturated heterocycles. The number of nitrogens with zero attached hydrogens (tertiary/aromatic N) is 2. The van der Waals surface area contributed by atoms with E-state index in [1.54, 1.807) is 20.8 Å². The van der Waals surface area contributed by atoms with Crippen molar-refractivity contribution < 1.29 is 17.9 Å². The van der Waals surface area contributed by atoms with E-state index >= 15 is 0 Å². The van der Waals surface area contributed by atoms with Gasteiger partial charge in [0.2, 0.25) is 11.7 Å². The van der Waals surface area contributed by atoms with Gasteiger partial charge in [-0.05, 0) is 20.8 Å². The molecule has 1 rings (SSSR count). The standard InChI is InChI=1S/C10H14F3N3O/c1-4-14-7-5-8(17-6(2)3)16-9(15-7)10(11,12)13/h5-6H,4H2,1-3H3,(H,14,15,16). The summed E-state index contributed by atoms with van der Waals surface area (Å²) < 4.78 is 42.7. The van der Waals surface area contributed by atoms with Gasteiger partial charge in [-0.25, -0.2) is 4.98 Å². The van der Waals surface area contributed by atoms with Crippen LogP contribution >= 0.6 is 0 Å². The number of aromatic nitrogens is 2. The summed E-state index contributed by atoms with van der Waals surface area (Å²) in [6.45, 7) is 5.65. The molecule has 0 aromatic carbocycles. The van der Waals surface area contributed by atoms with E-state index in [4.69, 9.17) is 4.74 Å². The highest BCUT2D eigenvalue weighted by Gasteiger charge is 2.35. The van der Waals surface area contributed by atoms with Crippen LogP contribution in [0, 0.1) is 0 Å². The molecule has 0 atom stereocenters. The van der Waals surface area contributed by atoms with E-state index in [0.29, 0.717) is 6.54 Å². The van der Waals surface area contributed by atoms with Crippen LogP contribution in [0.5, 0.6) is 5.88 Å². The fraction of sp³-hybridized carbons (Fsp3) is 0.600. The second-order valence-electron chi connectivity index (χ2n) is 3.61. The van der Waals surface area contributed by atoms with Gasteiger partial charge in [0.1, 0.15) is 5.82 Å². The van der Waals surface area contributed by atoms with E-state index in [2.05, 4.69) is 15.3 Å². The van der Waals surface area contributed by atoms with E-state index in [1.807, 2.05) is 0 Å². The number of anilines is 1. The predicted molar refractivity (Wildman–Crippen MR) is 57.0 cm³/mol. The molecule has 0 bridgehead atoms. The highest BCUT2D eigenvalue weighted by Crippen LogP contribution is 2.29. The maximum absolute atomic E-state index is 12.5. The molecule has 4 nitrogen and oxygen atoms in total. The molecule has 0 radical (unpaired) electrons. The first-order valence-corrected chi connectivity index (χ1v) is 5.19. The quantitative estimate of drug-likeness (QED) is 0.891. The Hall–Kier alpha value is -1.53. The van der Waals surface area contributed by atoms with Gasteiger partial charge in [-0.2, -0.15) is 18.2 Å². The first-order valence-electron chi connectivity index (χ1n) is 5.19. The molecule has 0 aliphatic rings. The lowest BCUT2D eigenvalue weighted by Gasteiger charge is -2.13. The molecule has 0 unspecified atom stereocenters. The van der Waals surface area contributed by atoms with Crippen LogP contribution in [0.3, 0.4) is 0 Å². The summed E-state index contributed by atoms with van der Waals surface area (Å²) in [5.74, 6) is -1.18. The molecule has 1 aromatic heterocycles. The largest absolute Gasteiger partial charge is 0.475 e. The van der Waals surface area contributed by atoms with E-state index in [9.17, 15) is 13.2 Å². The zero-order valence-electron chi connectivity index (χ0n) is 9.80. The summed E-state index contributed by atoms with van der Waals surface area (Å²) in [5, 5.41) is 2.70. The molecular weight excluding hydrogens is 235 g/mol. The Kier molecular flexibility index (Phi) is 4.14. The third-order valence-electron chi connectivity index (χ3n) is 1.67. The topological polar surface area (TPSA) is 47.0 Å². The minimum Gasteiger partial charge on any atom is -0.475 e. The smallest absolute Gasteiger partial charge is 0.451 e. The molecule has 0 saturated carbocycles. The number of halogens is 3. The lowest BCUT2D eigenvalue weighted by molar-refractivity contribution is -0.145. The minimum absolute atomic E-state index is 0.0849. The number of rotatable bonds is 4. The van der Waals surface area contributed by atoms with Gasteiger partial charge in [-0.15, -0.1) is 0 Å². The predicted octanol–water partition coefficient (Wildman–Crippen LogP) is 2.71. The number of alkyl halides is 3. The second-order valence-corrected chi connectivity index (χ2v) is 3.61. The SMILES string of the molecule is CCNc1cc(OC(C)C)nc(C(F)(F)F)n1. The molecule has 0 amide bonds. The highest BCUT2D eigenvalue weighted by molar-refractivity contribution is 5.38. The Bertz CT molecular complexity index is 380. The molecule has 0 aliphatic carbocycles. The van der Waals surface area contributed by atoms with Crippen molar-refractivity contribution in [2.45, 2.75) is 33.1 Å². The Morgan fingerprint density at radius 3 is 2.47 bits per heavy atom. The summed E-state index contributed by atoms with van der Waals surface area (Å²) >= 11 is 0. The van der Waals surface area contributed by atoms with Crippen molar-refractivity contribution in [1.29, 1.82) is 0 Å². The summed E-state index contributed by atoms with van der Waals surface area (Å²) in [7, 11) is 0. The Labute approximate surface area is 97.2 Å². The van der Waals surface area contributed by atoms with Gasteiger partial charge in [0.25, 0.3) is 0 Å². The molecule has 96 valence electrons. The molecule has 0 spiro atoms. The molecule has 1 N–H and O–H groups in total. The molecule has 0 aliphatic heterocycles. The normalized spacial score (nSPS) is 11.7. The summed E-state index contributed by atoms with van der Waals surface area (Å²) in [6.07, 6.45) is -4.83. The summed E-state index contributed by atoms with van der Waals surface area (Å²) in [5.41, 5.74) is 0. The van der Waals surface area contributed by atoms with Gasteiger partial charge in [0, 0.05) is 12.6 Å². The zero-order chi connectivity index (χ0) is 13.1. The fourth-order valence-corrected chi connectivity index (χ4v) is 1.13. The van der Waals surface area contributed by atoms with Crippen LogP contribution in [0.25, 0.3) is 0 Å². The number of hydrogen-bond donors (Lipinski definition) is 1. The Morgan fingerprint density at radius 1 is 1.35 bits per heavy atom. The maximum Gasteiger partial charge on any atom is 0.451 e. The van der Waals surface area contributed by atoms with Gasteiger partial charge in [0.05, 0.1) is 6.10 Å². The summed E-state index contributed by atoms with van der Waals surface area (Å²) in [6, 6.07) is 1.35. The average molecular weight is 249 g/mol. The third kappa shape index (κ3) is 4.08. The first kappa shape index (κ1) is 13.5. The first-order chi connectivity index (χ1) is 7.82. The molecule has 0 fully saturated rings. The van der Waals surface area contributed by atoms with Crippen LogP contribution in [0.1, 0.15) is 26.6 Å². The zero-order valence-corrected chi connectivity index (χ0v) is 9.80. The van der Waals surface area contributed by atoms with Crippen LogP contribution in [-0.4, -0.2) is 22.6 Å². The van der Waals surface area contributed by atoms with Gasteiger partial charge in [0.15, 0.2) is 0 Å². The fourth-order valence-electron chi connectivity index (χ4n) is 1.13. The molecule has 17 heavy (non-hydrogen) atoms. The van der Waals surface area contributed by atoms with Gasteiger partial charge in [-0.3, -0.25) is 0 Å². The Morgan fingerprint density at radius 2 is 2.00 bits per heavy atom. The van der Waals surface area contributed by atoms with Crippen LogP contribution in [0.4, 0.5) is 19.0 Å². The summed E-state index contributed by atoms with van der Waals surface area (Å²) in [4.78, 5) is 6.70. The second kappa shape index (κ2) is 5.20. The lowest BCUT2D eigenvalue weighted by atomic mass is 10.4. The number of hydrogen-bond acceptors (Lipinski definition) is 4. The highest BCUT2D eigenvalue weighted by atomic mass is 19.4. The van der Waals surface area contributed by atoms with Crippen molar-refractivity contribution in [1.82, 2.24) is 9.97 Å². The van der Waals surface area contributed by atoms with Crippen LogP contribution in [-0.2, 0) is 6.18 Å². The van der Waals surface area contributed by atoms with Crippen LogP contribution in [0.15, 0.2) is 6.07 Å². The van der Waals surface area contributed by atoms with Crippen molar-refractivity contribution in [3.05, 3.63) is 11.9 Å². The number of ether oxygens (including phenoxy) is 1. The van der Waals surface area contributed by atoms with Gasteiger partial charge < -0.3 is 10.1 Å². The minimum atomic E-state index is -4.58. The Balaban J connectivity index is 3.09. The molecular formula is C10H14F3N3O. The van der Waals surface area contributed by atoms with Gasteiger partial charge >= 0.3 is 6.18 Å². The van der Waals surface area contributed by atoms with Gasteiger partial charge in [-0.1, -0.05) is 0 Å². The lowest BCUT2D eigenvalue weighted by Crippen LogP contribution is -2.16. The van der Waals surface area contributed by atoms with Crippen LogP contribution < -0.4 is 10.1 Å². The molecule has 1 aromatic rings. The van der Waals surface area contributed by atoms with E-state index < -0.39 is 12.0 Å². The van der Waals surface area contributed by atoms with Crippen molar-refractivity contribution in [2.75, 3.05) is 11.9 Å². The van der Waals surface area contributed by atoms with Crippen LogP contribution in [0.2, 0.25) is 0 Å². The van der Waals surface area contributed by atoms with E-state index in [0.717, 1.165) is 0 Å². The van der Waals surface area contributed by atoms with Crippen molar-refractivity contribution in [2.24, 2.45) is 0 Å². The molecule has 1 heterocycles. The van der Waals surface area contributed by atoms with E-state index in [-0.39, 0.29) is 17.8 Å². The average Bonchev–Trinajstić information content (AvgIpc) is 2.15. The van der Waals surface area contributed by atoms with Crippen molar-refractivity contribution in [3.63, 3.8) is 0 Å².